The number of carbonyl (C=O) groups is 1. The van der Waals surface area contributed by atoms with Crippen molar-refractivity contribution in [1.29, 1.82) is 0 Å². The number of ether oxygens (including phenoxy) is 1. The van der Waals surface area contributed by atoms with Gasteiger partial charge in [-0.3, -0.25) is 4.79 Å². The highest BCUT2D eigenvalue weighted by Crippen LogP contribution is 2.28. The number of benzene rings is 1. The van der Waals surface area contributed by atoms with Crippen LogP contribution in [0.4, 0.5) is 0 Å². The Kier molecular flexibility index (Phi) is 4.99. The molecule has 1 rings (SSSR count). The van der Waals surface area contributed by atoms with Crippen LogP contribution in [0.2, 0.25) is 5.02 Å². The van der Waals surface area contributed by atoms with Crippen molar-refractivity contribution < 1.29 is 14.6 Å². The normalized spacial score (nSPS) is 13.9. The summed E-state index contributed by atoms with van der Waals surface area (Å²) in [6, 6.07) is 5.01. The van der Waals surface area contributed by atoms with E-state index in [-0.39, 0.29) is 5.91 Å². The Balaban J connectivity index is 2.83. The number of rotatable bonds is 4. The van der Waals surface area contributed by atoms with E-state index in [2.05, 4.69) is 0 Å². The zero-order valence-electron chi connectivity index (χ0n) is 11.0. The highest BCUT2D eigenvalue weighted by molar-refractivity contribution is 6.32. The lowest BCUT2D eigenvalue weighted by molar-refractivity contribution is -0.135. The molecule has 2 atom stereocenters. The average molecular weight is 272 g/mol. The molecule has 0 bridgehead atoms. The Morgan fingerprint density at radius 1 is 1.39 bits per heavy atom. The minimum absolute atomic E-state index is 0.134. The van der Waals surface area contributed by atoms with E-state index in [9.17, 15) is 9.90 Å². The summed E-state index contributed by atoms with van der Waals surface area (Å²) in [4.78, 5) is 13.1. The van der Waals surface area contributed by atoms with Gasteiger partial charge in [0.05, 0.1) is 11.1 Å². The van der Waals surface area contributed by atoms with E-state index in [1.807, 2.05) is 0 Å². The van der Waals surface area contributed by atoms with Crippen LogP contribution in [0.25, 0.3) is 0 Å². The smallest absolute Gasteiger partial charge is 0.262 e. The molecule has 0 saturated carbocycles. The molecule has 1 N–H and O–H groups in total. The van der Waals surface area contributed by atoms with E-state index < -0.39 is 12.2 Å². The van der Waals surface area contributed by atoms with Gasteiger partial charge in [-0.25, -0.2) is 0 Å². The number of nitrogens with zero attached hydrogens (tertiary/aromatic N) is 1. The second-order valence-corrected chi connectivity index (χ2v) is 4.77. The fourth-order valence-electron chi connectivity index (χ4n) is 1.48. The summed E-state index contributed by atoms with van der Waals surface area (Å²) in [5.41, 5.74) is 0.707. The summed E-state index contributed by atoms with van der Waals surface area (Å²) >= 11 is 6.04. The zero-order valence-corrected chi connectivity index (χ0v) is 11.7. The van der Waals surface area contributed by atoms with Crippen molar-refractivity contribution in [2.45, 2.75) is 26.1 Å². The molecule has 0 heterocycles. The lowest BCUT2D eigenvalue weighted by atomic mass is 10.1. The van der Waals surface area contributed by atoms with Gasteiger partial charge in [0.25, 0.3) is 5.91 Å². The second kappa shape index (κ2) is 6.07. The highest BCUT2D eigenvalue weighted by Gasteiger charge is 2.18. The summed E-state index contributed by atoms with van der Waals surface area (Å²) in [5, 5.41) is 9.80. The van der Waals surface area contributed by atoms with E-state index in [1.165, 1.54) is 4.90 Å². The van der Waals surface area contributed by atoms with Crippen molar-refractivity contribution in [2.24, 2.45) is 0 Å². The molecule has 0 saturated heterocycles. The standard InChI is InChI=1S/C13H18ClNO3/c1-8(16)10-5-6-12(11(14)7-10)18-9(2)13(17)15(3)4/h5-9,16H,1-4H3/t8-,9?/m0/s1. The van der Waals surface area contributed by atoms with E-state index in [0.29, 0.717) is 16.3 Å². The van der Waals surface area contributed by atoms with Crippen molar-refractivity contribution in [3.8, 4) is 5.75 Å². The van der Waals surface area contributed by atoms with Crippen molar-refractivity contribution in [1.82, 2.24) is 4.90 Å². The van der Waals surface area contributed by atoms with Gasteiger partial charge in [-0.05, 0) is 31.5 Å². The first-order chi connectivity index (χ1) is 8.32. The van der Waals surface area contributed by atoms with Gasteiger partial charge in [0, 0.05) is 14.1 Å². The molecule has 0 radical (unpaired) electrons. The Morgan fingerprint density at radius 3 is 2.44 bits per heavy atom. The number of amides is 1. The third kappa shape index (κ3) is 3.62. The first kappa shape index (κ1) is 14.8. The molecule has 0 spiro atoms. The molecule has 1 aromatic rings. The van der Waals surface area contributed by atoms with Crippen LogP contribution in [0, 0.1) is 0 Å². The van der Waals surface area contributed by atoms with Gasteiger partial charge in [-0.1, -0.05) is 17.7 Å². The van der Waals surface area contributed by atoms with Crippen LogP contribution in [0.3, 0.4) is 0 Å². The maximum Gasteiger partial charge on any atom is 0.262 e. The van der Waals surface area contributed by atoms with Crippen LogP contribution < -0.4 is 4.74 Å². The molecule has 0 aliphatic rings. The van der Waals surface area contributed by atoms with E-state index in [0.717, 1.165) is 0 Å². The van der Waals surface area contributed by atoms with Gasteiger partial charge in [-0.15, -0.1) is 0 Å². The van der Waals surface area contributed by atoms with Crippen molar-refractivity contribution in [2.75, 3.05) is 14.1 Å². The van der Waals surface area contributed by atoms with Gasteiger partial charge < -0.3 is 14.7 Å². The molecule has 1 amide bonds. The summed E-state index contributed by atoms with van der Waals surface area (Å²) in [5.74, 6) is 0.300. The van der Waals surface area contributed by atoms with Crippen LogP contribution >= 0.6 is 11.6 Å². The van der Waals surface area contributed by atoms with E-state index in [4.69, 9.17) is 16.3 Å². The fraction of sp³-hybridized carbons (Fsp3) is 0.462. The number of aliphatic hydroxyl groups is 1. The molecule has 18 heavy (non-hydrogen) atoms. The molecule has 1 unspecified atom stereocenters. The second-order valence-electron chi connectivity index (χ2n) is 4.36. The number of aliphatic hydroxyl groups excluding tert-OH is 1. The summed E-state index contributed by atoms with van der Waals surface area (Å²) < 4.78 is 5.50. The van der Waals surface area contributed by atoms with Gasteiger partial charge in [0.2, 0.25) is 0 Å². The van der Waals surface area contributed by atoms with E-state index >= 15 is 0 Å². The maximum absolute atomic E-state index is 11.7. The fourth-order valence-corrected chi connectivity index (χ4v) is 1.71. The van der Waals surface area contributed by atoms with Crippen molar-refractivity contribution in [3.63, 3.8) is 0 Å². The molecule has 0 aliphatic carbocycles. The summed E-state index contributed by atoms with van der Waals surface area (Å²) in [6.07, 6.45) is -1.19. The third-order valence-corrected chi connectivity index (χ3v) is 2.83. The Bertz CT molecular complexity index is 432. The van der Waals surface area contributed by atoms with Crippen molar-refractivity contribution >= 4 is 17.5 Å². The summed E-state index contributed by atoms with van der Waals surface area (Å²) in [7, 11) is 3.33. The quantitative estimate of drug-likeness (QED) is 0.914. The Labute approximate surface area is 112 Å². The Hall–Kier alpha value is -1.26. The first-order valence-electron chi connectivity index (χ1n) is 5.68. The van der Waals surface area contributed by atoms with Crippen molar-refractivity contribution in [3.05, 3.63) is 28.8 Å². The predicted molar refractivity (Wildman–Crippen MR) is 70.9 cm³/mol. The maximum atomic E-state index is 11.7. The van der Waals surface area contributed by atoms with Gasteiger partial charge in [-0.2, -0.15) is 0 Å². The van der Waals surface area contributed by atoms with Crippen LogP contribution in [0.5, 0.6) is 5.75 Å². The third-order valence-electron chi connectivity index (χ3n) is 2.53. The van der Waals surface area contributed by atoms with Gasteiger partial charge >= 0.3 is 0 Å². The predicted octanol–water partition coefficient (Wildman–Crippen LogP) is 2.25. The van der Waals surface area contributed by atoms with Crippen LogP contribution in [-0.2, 0) is 4.79 Å². The van der Waals surface area contributed by atoms with Crippen LogP contribution in [0.1, 0.15) is 25.5 Å². The minimum atomic E-state index is -0.602. The number of hydrogen-bond acceptors (Lipinski definition) is 3. The number of likely N-dealkylation sites (N-methyl/N-ethyl adjacent to an activating group) is 1. The number of hydrogen-bond donors (Lipinski definition) is 1. The average Bonchev–Trinajstić information content (AvgIpc) is 2.30. The molecular weight excluding hydrogens is 254 g/mol. The topological polar surface area (TPSA) is 49.8 Å². The lowest BCUT2D eigenvalue weighted by Gasteiger charge is -2.19. The molecule has 4 nitrogen and oxygen atoms in total. The monoisotopic (exact) mass is 271 g/mol. The van der Waals surface area contributed by atoms with Crippen LogP contribution in [-0.4, -0.2) is 36.1 Å². The van der Waals surface area contributed by atoms with E-state index in [1.54, 1.807) is 46.1 Å². The molecule has 5 heteroatoms. The zero-order chi connectivity index (χ0) is 13.9. The largest absolute Gasteiger partial charge is 0.479 e. The molecule has 0 aromatic heterocycles. The Morgan fingerprint density at radius 2 is 2.00 bits per heavy atom. The molecule has 0 fully saturated rings. The SMILES string of the molecule is CC(Oc1ccc([C@H](C)O)cc1Cl)C(=O)N(C)C. The minimum Gasteiger partial charge on any atom is -0.479 e. The lowest BCUT2D eigenvalue weighted by Crippen LogP contribution is -2.35. The number of halogens is 1. The summed E-state index contributed by atoms with van der Waals surface area (Å²) in [6.45, 7) is 3.33. The van der Waals surface area contributed by atoms with Gasteiger partial charge in [0.1, 0.15) is 5.75 Å². The van der Waals surface area contributed by atoms with Crippen LogP contribution in [0.15, 0.2) is 18.2 Å². The molecule has 0 aliphatic heterocycles. The highest BCUT2D eigenvalue weighted by atomic mass is 35.5. The molecular formula is C13H18ClNO3. The molecule has 1 aromatic carbocycles. The van der Waals surface area contributed by atoms with Gasteiger partial charge in [0.15, 0.2) is 6.10 Å². The molecule has 100 valence electrons. The first-order valence-corrected chi connectivity index (χ1v) is 6.06. The number of carbonyl (C=O) groups excluding carboxylic acids is 1.